The molecule has 0 aliphatic heterocycles. The number of carbonyl (C=O) groups excluding carboxylic acids is 2. The van der Waals surface area contributed by atoms with Gasteiger partial charge in [0, 0.05) is 0 Å². The molecule has 1 N–H and O–H groups in total. The monoisotopic (exact) mass is 247 g/mol. The molecule has 0 heterocycles. The summed E-state index contributed by atoms with van der Waals surface area (Å²) in [7, 11) is 0. The summed E-state index contributed by atoms with van der Waals surface area (Å²) >= 11 is 0. The first-order valence-corrected chi connectivity index (χ1v) is 6.12. The van der Waals surface area contributed by atoms with Crippen molar-refractivity contribution in [3.8, 4) is 12.3 Å². The molecule has 0 aromatic rings. The van der Waals surface area contributed by atoms with Gasteiger partial charge in [0.05, 0.1) is 12.0 Å². The van der Waals surface area contributed by atoms with Crippen LogP contribution in [0.15, 0.2) is 12.2 Å². The standard InChI is InChI=1S/C14H17NO3/c1-3-6-15-13(17)18-9-14(10(2)16)8-11-4-5-12(14)7-11/h1,4-5,11-12H,6-9H2,2H3,(H,15,17)/t11-,12+,14+/m1/s1. The molecule has 0 unspecified atom stereocenters. The van der Waals surface area contributed by atoms with Gasteiger partial charge in [-0.3, -0.25) is 4.79 Å². The maximum Gasteiger partial charge on any atom is 0.407 e. The quantitative estimate of drug-likeness (QED) is 0.605. The van der Waals surface area contributed by atoms with E-state index < -0.39 is 11.5 Å². The Balaban J connectivity index is 1.97. The van der Waals surface area contributed by atoms with Gasteiger partial charge < -0.3 is 10.1 Å². The molecule has 2 bridgehead atoms. The lowest BCUT2D eigenvalue weighted by Crippen LogP contribution is -2.40. The van der Waals surface area contributed by atoms with Gasteiger partial charge in [-0.05, 0) is 31.6 Å². The van der Waals surface area contributed by atoms with Crippen molar-refractivity contribution in [1.82, 2.24) is 5.32 Å². The SMILES string of the molecule is C#CCNC(=O)OC[C@]1(C(C)=O)C[C@@H]2C=C[C@H]1C2. The molecule has 0 aromatic heterocycles. The van der Waals surface area contributed by atoms with E-state index in [1.54, 1.807) is 6.92 Å². The van der Waals surface area contributed by atoms with Gasteiger partial charge in [-0.2, -0.15) is 0 Å². The van der Waals surface area contributed by atoms with E-state index in [4.69, 9.17) is 11.2 Å². The van der Waals surface area contributed by atoms with E-state index in [9.17, 15) is 9.59 Å². The Morgan fingerprint density at radius 1 is 1.56 bits per heavy atom. The molecule has 1 amide bonds. The van der Waals surface area contributed by atoms with Gasteiger partial charge in [0.25, 0.3) is 0 Å². The fourth-order valence-corrected chi connectivity index (χ4v) is 3.00. The molecule has 1 saturated carbocycles. The summed E-state index contributed by atoms with van der Waals surface area (Å²) in [4.78, 5) is 23.3. The van der Waals surface area contributed by atoms with Crippen LogP contribution in [0.4, 0.5) is 4.79 Å². The number of carbonyl (C=O) groups is 2. The summed E-state index contributed by atoms with van der Waals surface area (Å²) in [5, 5.41) is 2.43. The minimum Gasteiger partial charge on any atom is -0.448 e. The zero-order chi connectivity index (χ0) is 13.2. The molecule has 2 rings (SSSR count). The van der Waals surface area contributed by atoms with Crippen molar-refractivity contribution in [1.29, 1.82) is 0 Å². The van der Waals surface area contributed by atoms with Gasteiger partial charge in [-0.1, -0.05) is 18.1 Å². The second-order valence-corrected chi connectivity index (χ2v) is 5.04. The minimum absolute atomic E-state index is 0.101. The van der Waals surface area contributed by atoms with Gasteiger partial charge in [0.1, 0.15) is 12.4 Å². The molecular weight excluding hydrogens is 230 g/mol. The maximum atomic E-state index is 11.9. The first-order valence-electron chi connectivity index (χ1n) is 6.12. The largest absolute Gasteiger partial charge is 0.448 e. The second-order valence-electron chi connectivity index (χ2n) is 5.04. The number of alkyl carbamates (subject to hydrolysis) is 1. The first kappa shape index (κ1) is 12.7. The van der Waals surface area contributed by atoms with Crippen LogP contribution in [0.5, 0.6) is 0 Å². The predicted octanol–water partition coefficient (Wildman–Crippen LogP) is 1.52. The average molecular weight is 247 g/mol. The van der Waals surface area contributed by atoms with Crippen molar-refractivity contribution in [2.45, 2.75) is 19.8 Å². The summed E-state index contributed by atoms with van der Waals surface area (Å²) < 4.78 is 5.14. The fraction of sp³-hybridized carbons (Fsp3) is 0.571. The number of amides is 1. The first-order chi connectivity index (χ1) is 8.58. The number of nitrogens with one attached hydrogen (secondary N) is 1. The number of terminal acetylenes is 1. The molecule has 4 heteroatoms. The van der Waals surface area contributed by atoms with Gasteiger partial charge in [-0.15, -0.1) is 6.42 Å². The van der Waals surface area contributed by atoms with Crippen LogP contribution in [0.25, 0.3) is 0 Å². The highest BCUT2D eigenvalue weighted by atomic mass is 16.5. The zero-order valence-electron chi connectivity index (χ0n) is 10.4. The van der Waals surface area contributed by atoms with Crippen LogP contribution in [-0.4, -0.2) is 25.0 Å². The molecule has 2 aliphatic rings. The van der Waals surface area contributed by atoms with Crippen LogP contribution >= 0.6 is 0 Å². The summed E-state index contributed by atoms with van der Waals surface area (Å²) in [6, 6.07) is 0. The third-order valence-electron chi connectivity index (χ3n) is 4.01. The normalized spacial score (nSPS) is 32.0. The third-order valence-corrected chi connectivity index (χ3v) is 4.01. The predicted molar refractivity (Wildman–Crippen MR) is 66.7 cm³/mol. The molecule has 0 saturated heterocycles. The number of hydrogen-bond acceptors (Lipinski definition) is 3. The summed E-state index contributed by atoms with van der Waals surface area (Å²) in [6.45, 7) is 1.86. The summed E-state index contributed by atoms with van der Waals surface area (Å²) in [5.41, 5.74) is -0.521. The number of allylic oxidation sites excluding steroid dienone is 2. The Morgan fingerprint density at radius 2 is 2.33 bits per heavy atom. The Kier molecular flexibility index (Phi) is 3.42. The lowest BCUT2D eigenvalue weighted by atomic mass is 9.73. The van der Waals surface area contributed by atoms with E-state index in [1.807, 2.05) is 0 Å². The molecule has 2 aliphatic carbocycles. The van der Waals surface area contributed by atoms with Gasteiger partial charge in [0.15, 0.2) is 0 Å². The third kappa shape index (κ3) is 2.13. The van der Waals surface area contributed by atoms with Crippen molar-refractivity contribution in [2.24, 2.45) is 17.3 Å². The van der Waals surface area contributed by atoms with Crippen LogP contribution in [0.1, 0.15) is 19.8 Å². The van der Waals surface area contributed by atoms with Crippen LogP contribution in [-0.2, 0) is 9.53 Å². The van der Waals surface area contributed by atoms with Crippen molar-refractivity contribution in [3.05, 3.63) is 12.2 Å². The Bertz CT molecular complexity index is 435. The highest BCUT2D eigenvalue weighted by Crippen LogP contribution is 2.52. The van der Waals surface area contributed by atoms with Gasteiger partial charge >= 0.3 is 6.09 Å². The molecule has 96 valence electrons. The molecule has 4 nitrogen and oxygen atoms in total. The van der Waals surface area contributed by atoms with E-state index in [2.05, 4.69) is 23.4 Å². The number of Topliss-reactive ketones (excluding diaryl/α,β-unsaturated/α-hetero) is 1. The highest BCUT2D eigenvalue weighted by molar-refractivity contribution is 5.84. The van der Waals surface area contributed by atoms with Crippen LogP contribution in [0.2, 0.25) is 0 Å². The number of hydrogen-bond donors (Lipinski definition) is 1. The maximum absolute atomic E-state index is 11.9. The molecule has 0 spiro atoms. The van der Waals surface area contributed by atoms with Crippen LogP contribution < -0.4 is 5.32 Å². The average Bonchev–Trinajstić information content (AvgIpc) is 2.94. The Morgan fingerprint density at radius 3 is 2.83 bits per heavy atom. The molecule has 0 aromatic carbocycles. The van der Waals surface area contributed by atoms with Crippen molar-refractivity contribution >= 4 is 11.9 Å². The molecular formula is C14H17NO3. The Hall–Kier alpha value is -1.76. The number of fused-ring (bicyclic) bond motifs is 2. The number of ketones is 1. The van der Waals surface area contributed by atoms with Crippen molar-refractivity contribution < 1.29 is 14.3 Å². The van der Waals surface area contributed by atoms with Crippen LogP contribution in [0, 0.1) is 29.6 Å². The molecule has 0 radical (unpaired) electrons. The minimum atomic E-state index is -0.555. The van der Waals surface area contributed by atoms with Gasteiger partial charge in [0.2, 0.25) is 0 Å². The van der Waals surface area contributed by atoms with E-state index in [-0.39, 0.29) is 24.9 Å². The van der Waals surface area contributed by atoms with E-state index in [0.29, 0.717) is 5.92 Å². The van der Waals surface area contributed by atoms with Crippen molar-refractivity contribution in [2.75, 3.05) is 13.2 Å². The second kappa shape index (κ2) is 4.85. The summed E-state index contributed by atoms with van der Waals surface area (Å²) in [5.74, 6) is 3.06. The number of ether oxygens (including phenoxy) is 1. The zero-order valence-corrected chi connectivity index (χ0v) is 10.4. The van der Waals surface area contributed by atoms with Gasteiger partial charge in [-0.25, -0.2) is 4.79 Å². The fourth-order valence-electron chi connectivity index (χ4n) is 3.00. The lowest BCUT2D eigenvalue weighted by molar-refractivity contribution is -0.130. The lowest BCUT2D eigenvalue weighted by Gasteiger charge is -2.32. The Labute approximate surface area is 107 Å². The summed E-state index contributed by atoms with van der Waals surface area (Å²) in [6.07, 6.45) is 10.5. The smallest absolute Gasteiger partial charge is 0.407 e. The van der Waals surface area contributed by atoms with Crippen molar-refractivity contribution in [3.63, 3.8) is 0 Å². The molecule has 1 fully saturated rings. The van der Waals surface area contributed by atoms with E-state index in [1.165, 1.54) is 0 Å². The molecule has 18 heavy (non-hydrogen) atoms. The molecule has 3 atom stereocenters. The topological polar surface area (TPSA) is 55.4 Å². The number of rotatable bonds is 4. The van der Waals surface area contributed by atoms with Crippen LogP contribution in [0.3, 0.4) is 0 Å². The van der Waals surface area contributed by atoms with E-state index in [0.717, 1.165) is 12.8 Å². The highest BCUT2D eigenvalue weighted by Gasteiger charge is 2.52. The van der Waals surface area contributed by atoms with E-state index >= 15 is 0 Å².